The zero-order chi connectivity index (χ0) is 25.9. The molecule has 2 aromatic rings. The molecule has 0 aliphatic heterocycles. The van der Waals surface area contributed by atoms with Gasteiger partial charge in [0.15, 0.2) is 0 Å². The second-order valence-corrected chi connectivity index (χ2v) is 10.6. The van der Waals surface area contributed by atoms with Crippen LogP contribution >= 0.6 is 11.6 Å². The topological polar surface area (TPSA) is 73.9 Å². The van der Waals surface area contributed by atoms with E-state index in [4.69, 9.17) is 25.8 Å². The summed E-state index contributed by atoms with van der Waals surface area (Å²) < 4.78 is 30.4. The molecule has 0 aromatic heterocycles. The van der Waals surface area contributed by atoms with Gasteiger partial charge in [-0.15, -0.1) is 0 Å². The van der Waals surface area contributed by atoms with Crippen LogP contribution in [0.4, 0.5) is 9.18 Å². The highest BCUT2D eigenvalue weighted by molar-refractivity contribution is 6.30. The number of carbonyl (C=O) groups excluding carboxylic acids is 2. The summed E-state index contributed by atoms with van der Waals surface area (Å²) in [6.45, 7) is 7.59. The van der Waals surface area contributed by atoms with Gasteiger partial charge in [-0.3, -0.25) is 4.79 Å². The first kappa shape index (κ1) is 27.0. The number of esters is 1. The van der Waals surface area contributed by atoms with E-state index < -0.39 is 22.6 Å². The Morgan fingerprint density at radius 2 is 1.77 bits per heavy atom. The lowest BCUT2D eigenvalue weighted by molar-refractivity contribution is -0.174. The summed E-state index contributed by atoms with van der Waals surface area (Å²) in [6, 6.07) is 11.8. The molecule has 1 N–H and O–H groups in total. The van der Waals surface area contributed by atoms with Crippen LogP contribution in [-0.4, -0.2) is 43.5 Å². The third-order valence-electron chi connectivity index (χ3n) is 5.98. The average molecular weight is 506 g/mol. The minimum atomic E-state index is -0.844. The number of methoxy groups -OCH3 is 1. The van der Waals surface area contributed by atoms with Gasteiger partial charge in [0.05, 0.1) is 18.6 Å². The monoisotopic (exact) mass is 505 g/mol. The number of hydrogen-bond acceptors (Lipinski definition) is 5. The molecule has 1 aliphatic rings. The molecule has 3 rings (SSSR count). The molecule has 190 valence electrons. The van der Waals surface area contributed by atoms with Gasteiger partial charge in [0, 0.05) is 23.2 Å². The molecule has 35 heavy (non-hydrogen) atoms. The van der Waals surface area contributed by atoms with Crippen LogP contribution in [0, 0.1) is 11.2 Å². The van der Waals surface area contributed by atoms with Crippen LogP contribution in [0.15, 0.2) is 42.5 Å². The molecule has 8 heteroatoms. The standard InChI is InChI=1S/C27H33ClFNO5/c1-6-34-23(31)26(17-33-5)15-27(16-26,30-24(32)35-25(2,3)4)14-18-7-9-19(10-8-18)21-13-20(28)11-12-22(21)29/h7-13H,6,14-17H2,1-5H3,(H,30,32)/t26-,27-. The first-order valence-corrected chi connectivity index (χ1v) is 12.0. The first-order valence-electron chi connectivity index (χ1n) is 11.6. The number of rotatable bonds is 8. The van der Waals surface area contributed by atoms with Crippen molar-refractivity contribution in [3.05, 3.63) is 58.9 Å². The highest BCUT2D eigenvalue weighted by atomic mass is 35.5. The van der Waals surface area contributed by atoms with Gasteiger partial charge in [-0.05, 0) is 76.3 Å². The Labute approximate surface area is 211 Å². The maximum Gasteiger partial charge on any atom is 0.408 e. The fourth-order valence-electron chi connectivity index (χ4n) is 4.80. The summed E-state index contributed by atoms with van der Waals surface area (Å²) in [5.74, 6) is -0.696. The van der Waals surface area contributed by atoms with Gasteiger partial charge in [0.1, 0.15) is 11.4 Å². The summed E-state index contributed by atoms with van der Waals surface area (Å²) in [5, 5.41) is 3.46. The van der Waals surface area contributed by atoms with Gasteiger partial charge in [0.25, 0.3) is 0 Å². The predicted octanol–water partition coefficient (Wildman–Crippen LogP) is 5.94. The molecular formula is C27H33ClFNO5. The molecule has 1 aliphatic carbocycles. The highest BCUT2D eigenvalue weighted by Gasteiger charge is 2.60. The Hall–Kier alpha value is -2.64. The smallest absolute Gasteiger partial charge is 0.408 e. The van der Waals surface area contributed by atoms with Gasteiger partial charge in [0.2, 0.25) is 0 Å². The van der Waals surface area contributed by atoms with Gasteiger partial charge in [-0.2, -0.15) is 0 Å². The maximum absolute atomic E-state index is 14.3. The molecule has 0 saturated heterocycles. The van der Waals surface area contributed by atoms with E-state index in [1.807, 2.05) is 24.3 Å². The van der Waals surface area contributed by atoms with Crippen molar-refractivity contribution in [2.45, 2.75) is 58.1 Å². The molecule has 0 bridgehead atoms. The summed E-state index contributed by atoms with van der Waals surface area (Å²) in [5.41, 5.74) is -0.211. The molecule has 0 radical (unpaired) electrons. The lowest BCUT2D eigenvalue weighted by atomic mass is 9.55. The van der Waals surface area contributed by atoms with E-state index in [-0.39, 0.29) is 25.0 Å². The number of halogens is 2. The van der Waals surface area contributed by atoms with Gasteiger partial charge in [-0.1, -0.05) is 35.9 Å². The summed E-state index contributed by atoms with van der Waals surface area (Å²) in [6.07, 6.45) is 0.591. The fourth-order valence-corrected chi connectivity index (χ4v) is 4.97. The minimum Gasteiger partial charge on any atom is -0.465 e. The van der Waals surface area contributed by atoms with E-state index in [1.54, 1.807) is 33.8 Å². The lowest BCUT2D eigenvalue weighted by Crippen LogP contribution is -2.67. The van der Waals surface area contributed by atoms with E-state index in [1.165, 1.54) is 19.2 Å². The van der Waals surface area contributed by atoms with Crippen molar-refractivity contribution in [3.8, 4) is 11.1 Å². The second kappa shape index (κ2) is 10.5. The van der Waals surface area contributed by atoms with Crippen LogP contribution in [0.1, 0.15) is 46.1 Å². The van der Waals surface area contributed by atoms with Crippen molar-refractivity contribution in [1.82, 2.24) is 5.32 Å². The summed E-state index contributed by atoms with van der Waals surface area (Å²) in [4.78, 5) is 25.5. The van der Waals surface area contributed by atoms with Crippen molar-refractivity contribution >= 4 is 23.7 Å². The maximum atomic E-state index is 14.3. The van der Waals surface area contributed by atoms with Crippen LogP contribution < -0.4 is 5.32 Å². The van der Waals surface area contributed by atoms with Gasteiger partial charge >= 0.3 is 12.1 Å². The first-order chi connectivity index (χ1) is 16.4. The van der Waals surface area contributed by atoms with Crippen molar-refractivity contribution in [3.63, 3.8) is 0 Å². The number of nitrogens with one attached hydrogen (secondary N) is 1. The Kier molecular flexibility index (Phi) is 8.12. The molecule has 1 fully saturated rings. The number of carbonyl (C=O) groups is 2. The highest BCUT2D eigenvalue weighted by Crippen LogP contribution is 2.51. The quantitative estimate of drug-likeness (QED) is 0.449. The average Bonchev–Trinajstić information content (AvgIpc) is 2.73. The summed E-state index contributed by atoms with van der Waals surface area (Å²) in [7, 11) is 1.54. The zero-order valence-electron chi connectivity index (χ0n) is 20.9. The van der Waals surface area contributed by atoms with Crippen molar-refractivity contribution in [2.75, 3.05) is 20.3 Å². The van der Waals surface area contributed by atoms with Crippen LogP contribution in [0.25, 0.3) is 11.1 Å². The normalized spacial score (nSPS) is 21.7. The minimum absolute atomic E-state index is 0.191. The number of benzene rings is 2. The summed E-state index contributed by atoms with van der Waals surface area (Å²) >= 11 is 6.04. The SMILES string of the molecule is CCOC(=O)[C@]1(COC)C[C@@](Cc2ccc(-c3cc(Cl)ccc3F)cc2)(NC(=O)OC(C)(C)C)C1. The Morgan fingerprint density at radius 1 is 1.11 bits per heavy atom. The molecule has 0 spiro atoms. The Morgan fingerprint density at radius 3 is 2.34 bits per heavy atom. The van der Waals surface area contributed by atoms with E-state index in [0.717, 1.165) is 5.56 Å². The molecule has 6 nitrogen and oxygen atoms in total. The number of hydrogen-bond donors (Lipinski definition) is 1. The van der Waals surface area contributed by atoms with Gasteiger partial charge in [-0.25, -0.2) is 9.18 Å². The molecule has 1 amide bonds. The number of ether oxygens (including phenoxy) is 3. The van der Waals surface area contributed by atoms with Gasteiger partial charge < -0.3 is 19.5 Å². The van der Waals surface area contributed by atoms with Crippen LogP contribution in [0.3, 0.4) is 0 Å². The van der Waals surface area contributed by atoms with E-state index >= 15 is 0 Å². The lowest BCUT2D eigenvalue weighted by Gasteiger charge is -2.54. The molecule has 0 atom stereocenters. The molecule has 1 saturated carbocycles. The van der Waals surface area contributed by atoms with Crippen molar-refractivity contribution in [1.29, 1.82) is 0 Å². The van der Waals surface area contributed by atoms with Crippen LogP contribution in [0.5, 0.6) is 0 Å². The predicted molar refractivity (Wildman–Crippen MR) is 133 cm³/mol. The fraction of sp³-hybridized carbons (Fsp3) is 0.481. The van der Waals surface area contributed by atoms with Crippen molar-refractivity contribution < 1.29 is 28.2 Å². The van der Waals surface area contributed by atoms with E-state index in [2.05, 4.69) is 5.32 Å². The Balaban J connectivity index is 1.85. The number of amides is 1. The molecule has 2 aromatic carbocycles. The number of alkyl carbamates (subject to hydrolysis) is 1. The van der Waals surface area contributed by atoms with E-state index in [9.17, 15) is 14.0 Å². The third-order valence-corrected chi connectivity index (χ3v) is 6.22. The molecule has 0 heterocycles. The Bertz CT molecular complexity index is 1060. The second-order valence-electron chi connectivity index (χ2n) is 10.2. The van der Waals surface area contributed by atoms with Crippen LogP contribution in [0.2, 0.25) is 5.02 Å². The zero-order valence-corrected chi connectivity index (χ0v) is 21.6. The third kappa shape index (κ3) is 6.53. The molecule has 0 unspecified atom stereocenters. The largest absolute Gasteiger partial charge is 0.465 e. The van der Waals surface area contributed by atoms with E-state index in [0.29, 0.717) is 35.4 Å². The van der Waals surface area contributed by atoms with Crippen molar-refractivity contribution in [2.24, 2.45) is 5.41 Å². The van der Waals surface area contributed by atoms with Crippen LogP contribution in [-0.2, 0) is 25.4 Å². The molecular weight excluding hydrogens is 473 g/mol.